The van der Waals surface area contributed by atoms with Gasteiger partial charge in [-0.2, -0.15) is 0 Å². The highest BCUT2D eigenvalue weighted by Gasteiger charge is 2.32. The van der Waals surface area contributed by atoms with E-state index in [9.17, 15) is 9.59 Å². The molecule has 0 unspecified atom stereocenters. The number of aromatic nitrogens is 2. The summed E-state index contributed by atoms with van der Waals surface area (Å²) in [4.78, 5) is 33.0. The molecule has 3 rings (SSSR count). The van der Waals surface area contributed by atoms with Crippen LogP contribution in [0.25, 0.3) is 10.9 Å². The van der Waals surface area contributed by atoms with Crippen molar-refractivity contribution in [1.82, 2.24) is 14.5 Å². The van der Waals surface area contributed by atoms with Crippen molar-refractivity contribution in [2.45, 2.75) is 82.9 Å². The summed E-state index contributed by atoms with van der Waals surface area (Å²) >= 11 is 1.41. The topological polar surface area (TPSA) is 55.2 Å². The maximum absolute atomic E-state index is 13.2. The van der Waals surface area contributed by atoms with Gasteiger partial charge < -0.3 is 4.90 Å². The molecule has 3 atom stereocenters. The van der Waals surface area contributed by atoms with Gasteiger partial charge >= 0.3 is 0 Å². The molecule has 1 saturated heterocycles. The fraction of sp³-hybridized carbons (Fsp3) is 0.591. The summed E-state index contributed by atoms with van der Waals surface area (Å²) < 4.78 is 1.74. The van der Waals surface area contributed by atoms with Gasteiger partial charge in [-0.05, 0) is 58.1 Å². The Bertz CT molecular complexity index is 898. The van der Waals surface area contributed by atoms with Crippen molar-refractivity contribution in [3.8, 4) is 0 Å². The van der Waals surface area contributed by atoms with Gasteiger partial charge in [-0.15, -0.1) is 0 Å². The Labute approximate surface area is 171 Å². The predicted octanol–water partition coefficient (Wildman–Crippen LogP) is 4.32. The molecule has 0 aliphatic carbocycles. The summed E-state index contributed by atoms with van der Waals surface area (Å²) in [5.41, 5.74) is 0.663. The quantitative estimate of drug-likeness (QED) is 0.553. The number of carbonyl (C=O) groups is 1. The third kappa shape index (κ3) is 4.27. The highest BCUT2D eigenvalue weighted by Crippen LogP contribution is 2.29. The van der Waals surface area contributed by atoms with Crippen LogP contribution in [0.3, 0.4) is 0 Å². The second-order valence-electron chi connectivity index (χ2n) is 8.36. The summed E-state index contributed by atoms with van der Waals surface area (Å²) in [5.74, 6) is 0.455. The number of carbonyl (C=O) groups excluding carboxylic acids is 1. The van der Waals surface area contributed by atoms with Gasteiger partial charge in [0.15, 0.2) is 5.16 Å². The largest absolute Gasteiger partial charge is 0.336 e. The van der Waals surface area contributed by atoms with Crippen LogP contribution in [-0.4, -0.2) is 37.7 Å². The molecule has 0 saturated carbocycles. The number of piperidine rings is 1. The number of amides is 1. The predicted molar refractivity (Wildman–Crippen MR) is 116 cm³/mol. The molecule has 6 heteroatoms. The number of thioether (sulfide) groups is 1. The molecule has 1 aromatic heterocycles. The number of hydrogen-bond acceptors (Lipinski definition) is 4. The van der Waals surface area contributed by atoms with Crippen molar-refractivity contribution in [3.63, 3.8) is 0 Å². The first-order chi connectivity index (χ1) is 13.3. The second-order valence-corrected chi connectivity index (χ2v) is 9.66. The normalized spacial score (nSPS) is 21.3. The fourth-order valence-corrected chi connectivity index (χ4v) is 5.01. The van der Waals surface area contributed by atoms with E-state index in [4.69, 9.17) is 4.98 Å². The van der Waals surface area contributed by atoms with Crippen LogP contribution in [0.15, 0.2) is 34.2 Å². The van der Waals surface area contributed by atoms with Crippen LogP contribution in [0.1, 0.15) is 53.9 Å². The van der Waals surface area contributed by atoms with Crippen molar-refractivity contribution >= 4 is 28.6 Å². The minimum atomic E-state index is -0.283. The monoisotopic (exact) mass is 401 g/mol. The fourth-order valence-electron chi connectivity index (χ4n) is 4.04. The highest BCUT2D eigenvalue weighted by atomic mass is 32.2. The first-order valence-corrected chi connectivity index (χ1v) is 11.2. The van der Waals surface area contributed by atoms with E-state index in [0.29, 0.717) is 28.5 Å². The van der Waals surface area contributed by atoms with Crippen LogP contribution < -0.4 is 5.56 Å². The van der Waals surface area contributed by atoms with Crippen molar-refractivity contribution in [3.05, 3.63) is 34.6 Å². The van der Waals surface area contributed by atoms with E-state index in [1.54, 1.807) is 4.57 Å². The van der Waals surface area contributed by atoms with Gasteiger partial charge in [0.1, 0.15) is 0 Å². The molecule has 1 amide bonds. The van der Waals surface area contributed by atoms with Crippen molar-refractivity contribution in [1.29, 1.82) is 0 Å². The summed E-state index contributed by atoms with van der Waals surface area (Å²) in [6, 6.07) is 7.97. The molecule has 1 aliphatic heterocycles. The summed E-state index contributed by atoms with van der Waals surface area (Å²) in [6.45, 7) is 11.0. The molecule has 2 aromatic rings. The van der Waals surface area contributed by atoms with E-state index in [1.807, 2.05) is 36.1 Å². The Balaban J connectivity index is 1.94. The first kappa shape index (κ1) is 20.9. The van der Waals surface area contributed by atoms with Crippen LogP contribution in [0, 0.1) is 5.92 Å². The second kappa shape index (κ2) is 8.68. The van der Waals surface area contributed by atoms with Crippen LogP contribution in [0.4, 0.5) is 0 Å². The van der Waals surface area contributed by atoms with E-state index in [0.717, 1.165) is 12.8 Å². The Kier molecular flexibility index (Phi) is 6.48. The molecule has 0 spiro atoms. The van der Waals surface area contributed by atoms with Gasteiger partial charge in [0, 0.05) is 18.6 Å². The van der Waals surface area contributed by atoms with Gasteiger partial charge in [-0.3, -0.25) is 14.2 Å². The van der Waals surface area contributed by atoms with Gasteiger partial charge in [0.05, 0.1) is 16.2 Å². The number of likely N-dealkylation sites (tertiary alicyclic amines) is 1. The summed E-state index contributed by atoms with van der Waals surface area (Å²) in [7, 11) is 0. The number of rotatable bonds is 5. The first-order valence-electron chi connectivity index (χ1n) is 10.3. The molecule has 0 bridgehead atoms. The number of hydrogen-bond donors (Lipinski definition) is 0. The Morgan fingerprint density at radius 2 is 1.82 bits per heavy atom. The molecule has 28 heavy (non-hydrogen) atoms. The molecule has 152 valence electrons. The molecule has 0 radical (unpaired) electrons. The Hall–Kier alpha value is -1.82. The van der Waals surface area contributed by atoms with Gasteiger partial charge in [0.2, 0.25) is 5.91 Å². The van der Waals surface area contributed by atoms with E-state index in [-0.39, 0.29) is 28.8 Å². The lowest BCUT2D eigenvalue weighted by Crippen LogP contribution is -2.50. The molecule has 1 fully saturated rings. The van der Waals surface area contributed by atoms with Crippen LogP contribution in [0.2, 0.25) is 0 Å². The minimum absolute atomic E-state index is 0.0267. The summed E-state index contributed by atoms with van der Waals surface area (Å²) in [5, 5.41) is 0.981. The molecule has 1 aromatic carbocycles. The summed E-state index contributed by atoms with van der Waals surface area (Å²) in [6.07, 6.45) is 3.29. The number of nitrogens with zero attached hydrogens (tertiary/aromatic N) is 3. The van der Waals surface area contributed by atoms with Crippen LogP contribution in [-0.2, 0) is 11.3 Å². The molecule has 0 N–H and O–H groups in total. The lowest BCUT2D eigenvalue weighted by atomic mass is 9.97. The average Bonchev–Trinajstić information content (AvgIpc) is 2.64. The van der Waals surface area contributed by atoms with Gasteiger partial charge in [-0.25, -0.2) is 4.98 Å². The maximum atomic E-state index is 13.2. The van der Waals surface area contributed by atoms with E-state index in [1.165, 1.54) is 18.2 Å². The van der Waals surface area contributed by atoms with Crippen LogP contribution >= 0.6 is 11.8 Å². The SMILES string of the molecule is CC(C)Cn1c(S[C@H](C)C(=O)N2[C@H](C)CCC[C@H]2C)nc2ccccc2c1=O. The van der Waals surface area contributed by atoms with Gasteiger partial charge in [-0.1, -0.05) is 37.7 Å². The van der Waals surface area contributed by atoms with Crippen molar-refractivity contribution in [2.24, 2.45) is 5.92 Å². The third-order valence-electron chi connectivity index (χ3n) is 5.45. The molecular weight excluding hydrogens is 370 g/mol. The average molecular weight is 402 g/mol. The Morgan fingerprint density at radius 3 is 2.46 bits per heavy atom. The van der Waals surface area contributed by atoms with Crippen LogP contribution in [0.5, 0.6) is 0 Å². The maximum Gasteiger partial charge on any atom is 0.262 e. The lowest BCUT2D eigenvalue weighted by molar-refractivity contribution is -0.136. The molecule has 1 aliphatic rings. The Morgan fingerprint density at radius 1 is 1.18 bits per heavy atom. The molecule has 5 nitrogen and oxygen atoms in total. The minimum Gasteiger partial charge on any atom is -0.336 e. The van der Waals surface area contributed by atoms with Crippen molar-refractivity contribution in [2.75, 3.05) is 0 Å². The number of benzene rings is 1. The standard InChI is InChI=1S/C22H31N3O2S/c1-14(2)13-24-21(27)18-11-6-7-12-19(18)23-22(24)28-17(5)20(26)25-15(3)9-8-10-16(25)4/h6-7,11-12,14-17H,8-10,13H2,1-5H3/t15-,16-,17-/m1/s1. The van der Waals surface area contributed by atoms with E-state index < -0.39 is 0 Å². The number of para-hydroxylation sites is 1. The zero-order valence-corrected chi connectivity index (χ0v) is 18.3. The molecule has 2 heterocycles. The lowest BCUT2D eigenvalue weighted by Gasteiger charge is -2.40. The van der Waals surface area contributed by atoms with E-state index in [2.05, 4.69) is 27.7 Å². The zero-order valence-electron chi connectivity index (χ0n) is 17.5. The van der Waals surface area contributed by atoms with E-state index >= 15 is 0 Å². The highest BCUT2D eigenvalue weighted by molar-refractivity contribution is 8.00. The van der Waals surface area contributed by atoms with Gasteiger partial charge in [0.25, 0.3) is 5.56 Å². The number of fused-ring (bicyclic) bond motifs is 1. The smallest absolute Gasteiger partial charge is 0.262 e. The third-order valence-corrected chi connectivity index (χ3v) is 6.53. The zero-order chi connectivity index (χ0) is 20.4. The molecular formula is C22H31N3O2S. The van der Waals surface area contributed by atoms with Crippen molar-refractivity contribution < 1.29 is 4.79 Å².